The van der Waals surface area contributed by atoms with Crippen LogP contribution in [0, 0.1) is 0 Å². The van der Waals surface area contributed by atoms with E-state index < -0.39 is 5.97 Å². The third-order valence-corrected chi connectivity index (χ3v) is 4.51. The van der Waals surface area contributed by atoms with Crippen LogP contribution in [-0.2, 0) is 19.1 Å². The second-order valence-corrected chi connectivity index (χ2v) is 6.49. The summed E-state index contributed by atoms with van der Waals surface area (Å²) >= 11 is 0. The molecule has 1 fully saturated rings. The van der Waals surface area contributed by atoms with Gasteiger partial charge in [0.1, 0.15) is 6.54 Å². The zero-order chi connectivity index (χ0) is 17.2. The minimum atomic E-state index is -0.518. The smallest absolute Gasteiger partial charge is 0.326 e. The predicted octanol–water partition coefficient (Wildman–Crippen LogP) is 1.94. The SMILES string of the molecule is O=C(COC(=O)CN1CCCCCC1=O)NCCC1=CCCCC1. The van der Waals surface area contributed by atoms with Crippen molar-refractivity contribution in [2.45, 2.75) is 57.8 Å². The summed E-state index contributed by atoms with van der Waals surface area (Å²) in [6, 6.07) is 0. The van der Waals surface area contributed by atoms with Crippen molar-refractivity contribution in [1.29, 1.82) is 0 Å². The molecule has 0 radical (unpaired) electrons. The number of amides is 2. The molecule has 1 saturated heterocycles. The number of ether oxygens (including phenoxy) is 1. The van der Waals surface area contributed by atoms with Gasteiger partial charge in [-0.15, -0.1) is 0 Å². The number of nitrogens with one attached hydrogen (secondary N) is 1. The van der Waals surface area contributed by atoms with Gasteiger partial charge in [-0.1, -0.05) is 18.1 Å². The summed E-state index contributed by atoms with van der Waals surface area (Å²) in [5, 5.41) is 2.77. The lowest BCUT2D eigenvalue weighted by molar-refractivity contribution is -0.152. The van der Waals surface area contributed by atoms with Crippen LogP contribution in [0.1, 0.15) is 57.8 Å². The molecule has 2 amide bonds. The molecule has 1 aliphatic carbocycles. The van der Waals surface area contributed by atoms with Gasteiger partial charge in [0.05, 0.1) is 0 Å². The van der Waals surface area contributed by atoms with Crippen LogP contribution < -0.4 is 5.32 Å². The number of esters is 1. The Balaban J connectivity index is 1.59. The van der Waals surface area contributed by atoms with E-state index in [0.717, 1.165) is 38.5 Å². The molecule has 0 spiro atoms. The summed E-state index contributed by atoms with van der Waals surface area (Å²) in [6.07, 6.45) is 11.1. The molecule has 2 rings (SSSR count). The lowest BCUT2D eigenvalue weighted by Crippen LogP contribution is -2.37. The standard InChI is InChI=1S/C18H28N2O4/c21-16(19-11-10-15-7-3-1-4-8-15)14-24-18(23)13-20-12-6-2-5-9-17(20)22/h7H,1-6,8-14H2,(H,19,21). The van der Waals surface area contributed by atoms with Crippen molar-refractivity contribution in [2.24, 2.45) is 0 Å². The maximum absolute atomic E-state index is 11.8. The minimum Gasteiger partial charge on any atom is -0.454 e. The maximum Gasteiger partial charge on any atom is 0.326 e. The first-order valence-electron chi connectivity index (χ1n) is 9.03. The lowest BCUT2D eigenvalue weighted by Gasteiger charge is -2.19. The van der Waals surface area contributed by atoms with Gasteiger partial charge in [0.25, 0.3) is 5.91 Å². The van der Waals surface area contributed by atoms with Gasteiger partial charge in [-0.3, -0.25) is 14.4 Å². The molecule has 24 heavy (non-hydrogen) atoms. The Morgan fingerprint density at radius 1 is 1.12 bits per heavy atom. The molecule has 0 saturated carbocycles. The van der Waals surface area contributed by atoms with Gasteiger partial charge < -0.3 is 15.0 Å². The Bertz CT molecular complexity index is 487. The van der Waals surface area contributed by atoms with Crippen molar-refractivity contribution in [3.8, 4) is 0 Å². The van der Waals surface area contributed by atoms with E-state index >= 15 is 0 Å². The van der Waals surface area contributed by atoms with Crippen molar-refractivity contribution in [3.63, 3.8) is 0 Å². The van der Waals surface area contributed by atoms with E-state index in [1.807, 2.05) is 0 Å². The van der Waals surface area contributed by atoms with Gasteiger partial charge >= 0.3 is 5.97 Å². The first-order chi connectivity index (χ1) is 11.6. The second kappa shape index (κ2) is 10.1. The largest absolute Gasteiger partial charge is 0.454 e. The van der Waals surface area contributed by atoms with Crippen LogP contribution in [0.25, 0.3) is 0 Å². The number of allylic oxidation sites excluding steroid dienone is 1. The molecule has 1 heterocycles. The van der Waals surface area contributed by atoms with E-state index in [1.165, 1.54) is 23.3 Å². The van der Waals surface area contributed by atoms with Crippen LogP contribution in [0.3, 0.4) is 0 Å². The summed E-state index contributed by atoms with van der Waals surface area (Å²) in [6.45, 7) is 0.834. The predicted molar refractivity (Wildman–Crippen MR) is 90.2 cm³/mol. The molecule has 0 aromatic heterocycles. The first-order valence-corrected chi connectivity index (χ1v) is 9.03. The Morgan fingerprint density at radius 3 is 2.75 bits per heavy atom. The Kier molecular flexibility index (Phi) is 7.79. The Labute approximate surface area is 143 Å². The van der Waals surface area contributed by atoms with E-state index in [4.69, 9.17) is 4.74 Å². The maximum atomic E-state index is 11.8. The quantitative estimate of drug-likeness (QED) is 0.569. The number of likely N-dealkylation sites (tertiary alicyclic amines) is 1. The van der Waals surface area contributed by atoms with Gasteiger partial charge in [0.15, 0.2) is 6.61 Å². The number of carbonyl (C=O) groups excluding carboxylic acids is 3. The molecular formula is C18H28N2O4. The number of carbonyl (C=O) groups is 3. The molecule has 0 aromatic carbocycles. The van der Waals surface area contributed by atoms with Gasteiger partial charge in [0.2, 0.25) is 5.91 Å². The van der Waals surface area contributed by atoms with Crippen molar-refractivity contribution >= 4 is 17.8 Å². The molecule has 0 atom stereocenters. The second-order valence-electron chi connectivity index (χ2n) is 6.49. The van der Waals surface area contributed by atoms with Crippen LogP contribution >= 0.6 is 0 Å². The van der Waals surface area contributed by atoms with E-state index in [9.17, 15) is 14.4 Å². The molecule has 134 valence electrons. The van der Waals surface area contributed by atoms with E-state index in [-0.39, 0.29) is 25.0 Å². The number of hydrogen-bond acceptors (Lipinski definition) is 4. The molecular weight excluding hydrogens is 308 g/mol. The summed E-state index contributed by atoms with van der Waals surface area (Å²) in [5.41, 5.74) is 1.40. The zero-order valence-corrected chi connectivity index (χ0v) is 14.3. The molecule has 2 aliphatic rings. The molecule has 0 aromatic rings. The third-order valence-electron chi connectivity index (χ3n) is 4.51. The highest BCUT2D eigenvalue weighted by Crippen LogP contribution is 2.19. The average molecular weight is 336 g/mol. The number of nitrogens with zero attached hydrogens (tertiary/aromatic N) is 1. The van der Waals surface area contributed by atoms with Gasteiger partial charge in [-0.05, 0) is 44.9 Å². The highest BCUT2D eigenvalue weighted by molar-refractivity contribution is 5.84. The van der Waals surface area contributed by atoms with Crippen molar-refractivity contribution in [2.75, 3.05) is 26.2 Å². The molecule has 6 nitrogen and oxygen atoms in total. The van der Waals surface area contributed by atoms with Crippen molar-refractivity contribution < 1.29 is 19.1 Å². The van der Waals surface area contributed by atoms with Crippen molar-refractivity contribution in [1.82, 2.24) is 10.2 Å². The fraction of sp³-hybridized carbons (Fsp3) is 0.722. The molecule has 1 N–H and O–H groups in total. The highest BCUT2D eigenvalue weighted by Gasteiger charge is 2.20. The van der Waals surface area contributed by atoms with E-state index in [1.54, 1.807) is 0 Å². The lowest BCUT2D eigenvalue weighted by atomic mass is 9.97. The number of hydrogen-bond donors (Lipinski definition) is 1. The average Bonchev–Trinajstić information content (AvgIpc) is 2.79. The van der Waals surface area contributed by atoms with Crippen molar-refractivity contribution in [3.05, 3.63) is 11.6 Å². The molecule has 0 unspecified atom stereocenters. The van der Waals surface area contributed by atoms with Gasteiger partial charge in [-0.25, -0.2) is 0 Å². The molecule has 0 bridgehead atoms. The number of rotatable bonds is 7. The van der Waals surface area contributed by atoms with Crippen LogP contribution in [0.5, 0.6) is 0 Å². The Morgan fingerprint density at radius 2 is 1.96 bits per heavy atom. The van der Waals surface area contributed by atoms with Crippen LogP contribution in [0.2, 0.25) is 0 Å². The fourth-order valence-electron chi connectivity index (χ4n) is 3.10. The normalized spacial score (nSPS) is 18.6. The summed E-state index contributed by atoms with van der Waals surface area (Å²) in [4.78, 5) is 36.8. The highest BCUT2D eigenvalue weighted by atomic mass is 16.5. The summed E-state index contributed by atoms with van der Waals surface area (Å²) in [7, 11) is 0. The molecule has 6 heteroatoms. The zero-order valence-electron chi connectivity index (χ0n) is 14.3. The van der Waals surface area contributed by atoms with Crippen LogP contribution in [-0.4, -0.2) is 48.9 Å². The summed E-state index contributed by atoms with van der Waals surface area (Å²) < 4.78 is 4.98. The molecule has 1 aliphatic heterocycles. The first kappa shape index (κ1) is 18.5. The topological polar surface area (TPSA) is 75.7 Å². The summed E-state index contributed by atoms with van der Waals surface area (Å²) in [5.74, 6) is -0.813. The van der Waals surface area contributed by atoms with Gasteiger partial charge in [-0.2, -0.15) is 0 Å². The fourth-order valence-corrected chi connectivity index (χ4v) is 3.10. The third kappa shape index (κ3) is 6.72. The van der Waals surface area contributed by atoms with Crippen LogP contribution in [0.15, 0.2) is 11.6 Å². The minimum absolute atomic E-state index is 0.00495. The Hall–Kier alpha value is -1.85. The van der Waals surface area contributed by atoms with Gasteiger partial charge in [0, 0.05) is 19.5 Å². The van der Waals surface area contributed by atoms with E-state index in [2.05, 4.69) is 11.4 Å². The monoisotopic (exact) mass is 336 g/mol. The van der Waals surface area contributed by atoms with Crippen LogP contribution in [0.4, 0.5) is 0 Å². The van der Waals surface area contributed by atoms with E-state index in [0.29, 0.717) is 19.5 Å².